The zero-order chi connectivity index (χ0) is 12.8. The fraction of sp³-hybridized carbons (Fsp3) is 0.0714. The number of amides is 1. The van der Waals surface area contributed by atoms with E-state index in [0.717, 1.165) is 0 Å². The van der Waals surface area contributed by atoms with Crippen molar-refractivity contribution in [3.05, 3.63) is 66.0 Å². The minimum atomic E-state index is -0.257. The van der Waals surface area contributed by atoms with Crippen LogP contribution in [0.1, 0.15) is 20.7 Å². The predicted octanol–water partition coefficient (Wildman–Crippen LogP) is 1.69. The zero-order valence-electron chi connectivity index (χ0n) is 9.67. The first-order valence-corrected chi connectivity index (χ1v) is 5.54. The van der Waals surface area contributed by atoms with Crippen LogP contribution in [0.4, 0.5) is 0 Å². The largest absolute Gasteiger partial charge is 0.345 e. The van der Waals surface area contributed by atoms with Crippen molar-refractivity contribution in [3.63, 3.8) is 0 Å². The number of hydrogen-bond acceptors (Lipinski definition) is 3. The molecule has 0 saturated carbocycles. The number of nitrogens with zero attached hydrogens (tertiary/aromatic N) is 1. The van der Waals surface area contributed by atoms with Gasteiger partial charge in [0.1, 0.15) is 0 Å². The molecule has 0 atom stereocenters. The number of rotatable bonds is 4. The van der Waals surface area contributed by atoms with E-state index in [1.807, 2.05) is 6.07 Å². The Kier molecular flexibility index (Phi) is 3.81. The van der Waals surface area contributed by atoms with Crippen LogP contribution in [0, 0.1) is 0 Å². The molecular formula is C14H12N2O2. The number of hydrogen-bond donors (Lipinski definition) is 1. The third-order valence-electron chi connectivity index (χ3n) is 2.43. The predicted molar refractivity (Wildman–Crippen MR) is 67.3 cm³/mol. The van der Waals surface area contributed by atoms with Crippen molar-refractivity contribution in [2.45, 2.75) is 0 Å². The maximum atomic E-state index is 11.7. The maximum Gasteiger partial charge on any atom is 0.251 e. The van der Waals surface area contributed by atoms with E-state index < -0.39 is 0 Å². The number of Topliss-reactive ketones (excluding diaryl/α,β-unsaturated/α-hetero) is 1. The van der Waals surface area contributed by atoms with Crippen LogP contribution >= 0.6 is 0 Å². The van der Waals surface area contributed by atoms with Gasteiger partial charge in [0.25, 0.3) is 5.91 Å². The van der Waals surface area contributed by atoms with Gasteiger partial charge in [0, 0.05) is 23.5 Å². The van der Waals surface area contributed by atoms with Crippen LogP contribution in [0.5, 0.6) is 0 Å². The maximum absolute atomic E-state index is 11.7. The van der Waals surface area contributed by atoms with Crippen LogP contribution in [0.15, 0.2) is 54.9 Å². The van der Waals surface area contributed by atoms with Gasteiger partial charge < -0.3 is 5.32 Å². The van der Waals surface area contributed by atoms with Crippen molar-refractivity contribution in [2.75, 3.05) is 6.54 Å². The lowest BCUT2D eigenvalue weighted by molar-refractivity contribution is 0.0904. The molecule has 0 aliphatic heterocycles. The first-order chi connectivity index (χ1) is 8.77. The first-order valence-electron chi connectivity index (χ1n) is 5.54. The second kappa shape index (κ2) is 5.72. The molecule has 0 aliphatic carbocycles. The van der Waals surface area contributed by atoms with Crippen molar-refractivity contribution in [3.8, 4) is 0 Å². The van der Waals surface area contributed by atoms with E-state index >= 15 is 0 Å². The summed E-state index contributed by atoms with van der Waals surface area (Å²) >= 11 is 0. The van der Waals surface area contributed by atoms with Gasteiger partial charge in [0.05, 0.1) is 6.54 Å². The summed E-state index contributed by atoms with van der Waals surface area (Å²) in [6.07, 6.45) is 3.08. The molecule has 0 bridgehead atoms. The summed E-state index contributed by atoms with van der Waals surface area (Å²) in [5.41, 5.74) is 1.03. The summed E-state index contributed by atoms with van der Waals surface area (Å²) in [6.45, 7) is -0.0284. The third kappa shape index (κ3) is 3.01. The van der Waals surface area contributed by atoms with Gasteiger partial charge >= 0.3 is 0 Å². The average Bonchev–Trinajstić information content (AvgIpc) is 2.46. The van der Waals surface area contributed by atoms with Crippen molar-refractivity contribution in [2.24, 2.45) is 0 Å². The number of nitrogens with one attached hydrogen (secondary N) is 1. The second-order valence-corrected chi connectivity index (χ2v) is 3.71. The summed E-state index contributed by atoms with van der Waals surface area (Å²) in [5.74, 6) is -0.416. The molecule has 2 rings (SSSR count). The summed E-state index contributed by atoms with van der Waals surface area (Å²) in [5, 5.41) is 2.58. The Labute approximate surface area is 105 Å². The SMILES string of the molecule is O=C(CNC(=O)c1ccccc1)c1cccnc1. The van der Waals surface area contributed by atoms with Gasteiger partial charge in [0.2, 0.25) is 0 Å². The fourth-order valence-electron chi connectivity index (χ4n) is 1.48. The summed E-state index contributed by atoms with van der Waals surface area (Å²) in [4.78, 5) is 27.3. The highest BCUT2D eigenvalue weighted by molar-refractivity contribution is 6.01. The van der Waals surface area contributed by atoms with Crippen LogP contribution < -0.4 is 5.32 Å². The number of carbonyl (C=O) groups is 2. The molecule has 1 amide bonds. The number of carbonyl (C=O) groups excluding carboxylic acids is 2. The van der Waals surface area contributed by atoms with Gasteiger partial charge in [0.15, 0.2) is 5.78 Å². The molecule has 1 heterocycles. The van der Waals surface area contributed by atoms with Crippen molar-refractivity contribution >= 4 is 11.7 Å². The summed E-state index contributed by atoms with van der Waals surface area (Å²) in [7, 11) is 0. The molecule has 18 heavy (non-hydrogen) atoms. The van der Waals surface area contributed by atoms with Gasteiger partial charge in [-0.1, -0.05) is 18.2 Å². The Morgan fingerprint density at radius 1 is 1.00 bits per heavy atom. The number of benzene rings is 1. The van der Waals surface area contributed by atoms with E-state index in [1.165, 1.54) is 6.20 Å². The van der Waals surface area contributed by atoms with Crippen molar-refractivity contribution in [1.82, 2.24) is 10.3 Å². The van der Waals surface area contributed by atoms with E-state index in [1.54, 1.807) is 42.6 Å². The Morgan fingerprint density at radius 2 is 1.72 bits per heavy atom. The lowest BCUT2D eigenvalue weighted by atomic mass is 10.2. The minimum Gasteiger partial charge on any atom is -0.345 e. The van der Waals surface area contributed by atoms with E-state index in [4.69, 9.17) is 0 Å². The van der Waals surface area contributed by atoms with E-state index in [2.05, 4.69) is 10.3 Å². The topological polar surface area (TPSA) is 59.1 Å². The standard InChI is InChI=1S/C14H12N2O2/c17-13(12-7-4-8-15-9-12)10-16-14(18)11-5-2-1-3-6-11/h1-9H,10H2,(H,16,18). The first kappa shape index (κ1) is 12.0. The molecule has 0 fully saturated rings. The molecule has 1 aromatic carbocycles. The van der Waals surface area contributed by atoms with Crippen molar-refractivity contribution in [1.29, 1.82) is 0 Å². The molecule has 90 valence electrons. The smallest absolute Gasteiger partial charge is 0.251 e. The lowest BCUT2D eigenvalue weighted by Crippen LogP contribution is -2.29. The molecule has 1 N–H and O–H groups in total. The minimum absolute atomic E-state index is 0.0284. The van der Waals surface area contributed by atoms with Gasteiger partial charge in [-0.05, 0) is 24.3 Å². The number of ketones is 1. The van der Waals surface area contributed by atoms with Gasteiger partial charge in [-0.15, -0.1) is 0 Å². The number of aromatic nitrogens is 1. The molecule has 1 aromatic heterocycles. The fourth-order valence-corrected chi connectivity index (χ4v) is 1.48. The molecule has 0 radical (unpaired) electrons. The highest BCUT2D eigenvalue weighted by Crippen LogP contribution is 1.99. The van der Waals surface area contributed by atoms with Crippen LogP contribution in [0.3, 0.4) is 0 Å². The van der Waals surface area contributed by atoms with E-state index in [0.29, 0.717) is 11.1 Å². The second-order valence-electron chi connectivity index (χ2n) is 3.71. The third-order valence-corrected chi connectivity index (χ3v) is 2.43. The lowest BCUT2D eigenvalue weighted by Gasteiger charge is -2.04. The monoisotopic (exact) mass is 240 g/mol. The van der Waals surface area contributed by atoms with Crippen LogP contribution in [-0.4, -0.2) is 23.2 Å². The Morgan fingerprint density at radius 3 is 2.39 bits per heavy atom. The molecule has 2 aromatic rings. The summed E-state index contributed by atoms with van der Waals surface area (Å²) in [6, 6.07) is 12.1. The molecule has 0 aliphatic rings. The molecule has 0 saturated heterocycles. The molecule has 4 nitrogen and oxygen atoms in total. The van der Waals surface area contributed by atoms with Gasteiger partial charge in [-0.25, -0.2) is 0 Å². The van der Waals surface area contributed by atoms with Crippen molar-refractivity contribution < 1.29 is 9.59 Å². The number of pyridine rings is 1. The highest BCUT2D eigenvalue weighted by Gasteiger charge is 2.09. The summed E-state index contributed by atoms with van der Waals surface area (Å²) < 4.78 is 0. The Bertz CT molecular complexity index is 487. The van der Waals surface area contributed by atoms with Crippen LogP contribution in [-0.2, 0) is 0 Å². The highest BCUT2D eigenvalue weighted by atomic mass is 16.2. The molecule has 0 unspecified atom stereocenters. The molecule has 4 heteroatoms. The Balaban J connectivity index is 1.93. The average molecular weight is 240 g/mol. The zero-order valence-corrected chi connectivity index (χ0v) is 9.67. The Hall–Kier alpha value is -2.49. The van der Waals surface area contributed by atoms with Crippen LogP contribution in [0.2, 0.25) is 0 Å². The normalized spacial score (nSPS) is 9.78. The van der Waals surface area contributed by atoms with Gasteiger partial charge in [-0.2, -0.15) is 0 Å². The van der Waals surface area contributed by atoms with E-state index in [9.17, 15) is 9.59 Å². The quantitative estimate of drug-likeness (QED) is 0.827. The van der Waals surface area contributed by atoms with Gasteiger partial charge in [-0.3, -0.25) is 14.6 Å². The molecule has 0 spiro atoms. The molecular weight excluding hydrogens is 228 g/mol. The van der Waals surface area contributed by atoms with Crippen LogP contribution in [0.25, 0.3) is 0 Å². The van der Waals surface area contributed by atoms with E-state index in [-0.39, 0.29) is 18.2 Å².